The maximum absolute atomic E-state index is 4.56. The van der Waals surface area contributed by atoms with Crippen LogP contribution in [0.2, 0.25) is 0 Å². The van der Waals surface area contributed by atoms with Crippen molar-refractivity contribution in [2.45, 2.75) is 38.0 Å². The lowest BCUT2D eigenvalue weighted by Crippen LogP contribution is -2.33. The highest BCUT2D eigenvalue weighted by molar-refractivity contribution is 5.49. The summed E-state index contributed by atoms with van der Waals surface area (Å²) in [4.78, 5) is 9.05. The lowest BCUT2D eigenvalue weighted by Gasteiger charge is -2.32. The first-order valence-electron chi connectivity index (χ1n) is 9.45. The second kappa shape index (κ2) is 7.28. The molecule has 0 amide bonds. The predicted octanol–water partition coefficient (Wildman–Crippen LogP) is 4.77. The molecule has 3 aromatic rings. The molecule has 1 N–H and O–H groups in total. The summed E-state index contributed by atoms with van der Waals surface area (Å²) in [5, 5.41) is 3.66. The van der Waals surface area contributed by atoms with Gasteiger partial charge in [-0.15, -0.1) is 0 Å². The van der Waals surface area contributed by atoms with Crippen molar-refractivity contribution in [3.8, 4) is 0 Å². The highest BCUT2D eigenvalue weighted by atomic mass is 15.0. The average molecular weight is 343 g/mol. The molecule has 2 aromatic carbocycles. The van der Waals surface area contributed by atoms with Gasteiger partial charge in [0.15, 0.2) is 0 Å². The van der Waals surface area contributed by atoms with E-state index in [-0.39, 0.29) is 5.41 Å². The van der Waals surface area contributed by atoms with Crippen LogP contribution in [0.3, 0.4) is 0 Å². The van der Waals surface area contributed by atoms with Crippen molar-refractivity contribution in [2.75, 3.05) is 11.9 Å². The van der Waals surface area contributed by atoms with Gasteiger partial charge < -0.3 is 5.32 Å². The second-order valence-electron chi connectivity index (χ2n) is 7.27. The van der Waals surface area contributed by atoms with Crippen molar-refractivity contribution in [3.63, 3.8) is 0 Å². The number of aryl methyl sites for hydroxylation is 1. The van der Waals surface area contributed by atoms with E-state index in [2.05, 4.69) is 82.9 Å². The number of anilines is 1. The van der Waals surface area contributed by atoms with Gasteiger partial charge in [-0.1, -0.05) is 60.7 Å². The lowest BCUT2D eigenvalue weighted by atomic mass is 9.76. The van der Waals surface area contributed by atoms with Crippen LogP contribution in [-0.2, 0) is 18.3 Å². The quantitative estimate of drug-likeness (QED) is 0.725. The number of benzene rings is 2. The molecule has 0 bridgehead atoms. The predicted molar refractivity (Wildman–Crippen MR) is 107 cm³/mol. The second-order valence-corrected chi connectivity index (χ2v) is 7.27. The van der Waals surface area contributed by atoms with E-state index in [0.717, 1.165) is 25.2 Å². The molecular weight excluding hydrogens is 318 g/mol. The molecule has 1 aliphatic carbocycles. The Hall–Kier alpha value is -2.68. The van der Waals surface area contributed by atoms with Crippen LogP contribution in [-0.4, -0.2) is 16.5 Å². The molecule has 3 nitrogen and oxygen atoms in total. The van der Waals surface area contributed by atoms with Crippen LogP contribution in [0.25, 0.3) is 0 Å². The van der Waals surface area contributed by atoms with Gasteiger partial charge >= 0.3 is 0 Å². The molecule has 0 fully saturated rings. The zero-order valence-corrected chi connectivity index (χ0v) is 15.3. The molecular formula is C23H25N3. The Labute approximate surface area is 155 Å². The molecule has 1 aromatic heterocycles. The number of fused-ring (bicyclic) bond motifs is 1. The highest BCUT2D eigenvalue weighted by Gasteiger charge is 2.29. The van der Waals surface area contributed by atoms with E-state index >= 15 is 0 Å². The summed E-state index contributed by atoms with van der Waals surface area (Å²) in [5.41, 5.74) is 5.01. The molecule has 0 saturated carbocycles. The molecule has 0 atom stereocenters. The monoisotopic (exact) mass is 343 g/mol. The number of rotatable bonds is 5. The fourth-order valence-electron chi connectivity index (χ4n) is 3.92. The summed E-state index contributed by atoms with van der Waals surface area (Å²) in [5.74, 6) is 1.01. The van der Waals surface area contributed by atoms with E-state index in [9.17, 15) is 0 Å². The summed E-state index contributed by atoms with van der Waals surface area (Å²) >= 11 is 0. The van der Waals surface area contributed by atoms with Crippen molar-refractivity contribution < 1.29 is 0 Å². The Balaban J connectivity index is 1.67. The molecule has 1 heterocycles. The topological polar surface area (TPSA) is 37.8 Å². The van der Waals surface area contributed by atoms with Crippen molar-refractivity contribution in [1.29, 1.82) is 0 Å². The third-order valence-electron chi connectivity index (χ3n) is 5.56. The minimum Gasteiger partial charge on any atom is -0.369 e. The summed E-state index contributed by atoms with van der Waals surface area (Å²) < 4.78 is 0. The number of hydrogen-bond donors (Lipinski definition) is 1. The summed E-state index contributed by atoms with van der Waals surface area (Å²) in [6, 6.07) is 21.5. The summed E-state index contributed by atoms with van der Waals surface area (Å²) in [6.45, 7) is 3.10. The van der Waals surface area contributed by atoms with E-state index in [1.54, 1.807) is 6.33 Å². The first-order chi connectivity index (χ1) is 12.8. The third-order valence-corrected chi connectivity index (χ3v) is 5.56. The Morgan fingerprint density at radius 1 is 0.846 bits per heavy atom. The fraction of sp³-hybridized carbons (Fsp3) is 0.304. The Kier molecular flexibility index (Phi) is 4.70. The number of hydrogen-bond acceptors (Lipinski definition) is 3. The van der Waals surface area contributed by atoms with Crippen molar-refractivity contribution >= 4 is 5.82 Å². The summed E-state index contributed by atoms with van der Waals surface area (Å²) in [7, 11) is 0. The molecule has 0 aliphatic heterocycles. The van der Waals surface area contributed by atoms with E-state index in [1.165, 1.54) is 35.2 Å². The van der Waals surface area contributed by atoms with Gasteiger partial charge in [0.05, 0.1) is 0 Å². The Morgan fingerprint density at radius 3 is 2.12 bits per heavy atom. The molecule has 0 radical (unpaired) electrons. The molecule has 0 unspecified atom stereocenters. The molecule has 3 heteroatoms. The van der Waals surface area contributed by atoms with Gasteiger partial charge in [0.25, 0.3) is 0 Å². The van der Waals surface area contributed by atoms with Crippen LogP contribution in [0.15, 0.2) is 67.0 Å². The largest absolute Gasteiger partial charge is 0.369 e. The SMILES string of the molecule is CC(CNc1ncnc2c1CCCC2)(c1ccccc1)c1ccccc1. The van der Waals surface area contributed by atoms with Crippen LogP contribution >= 0.6 is 0 Å². The average Bonchev–Trinajstić information content (AvgIpc) is 2.73. The smallest absolute Gasteiger partial charge is 0.132 e. The number of nitrogens with one attached hydrogen (secondary N) is 1. The maximum Gasteiger partial charge on any atom is 0.132 e. The van der Waals surface area contributed by atoms with E-state index in [0.29, 0.717) is 0 Å². The zero-order chi connectivity index (χ0) is 17.8. The first kappa shape index (κ1) is 16.8. The minimum atomic E-state index is -0.130. The van der Waals surface area contributed by atoms with Crippen LogP contribution in [0.1, 0.15) is 42.1 Å². The Morgan fingerprint density at radius 2 is 1.46 bits per heavy atom. The molecule has 4 rings (SSSR count). The van der Waals surface area contributed by atoms with Gasteiger partial charge in [-0.25, -0.2) is 9.97 Å². The van der Waals surface area contributed by atoms with Crippen molar-refractivity contribution in [1.82, 2.24) is 9.97 Å². The van der Waals surface area contributed by atoms with Gasteiger partial charge in [0.2, 0.25) is 0 Å². The van der Waals surface area contributed by atoms with Gasteiger partial charge in [-0.3, -0.25) is 0 Å². The van der Waals surface area contributed by atoms with E-state index in [1.807, 2.05) is 0 Å². The van der Waals surface area contributed by atoms with Crippen molar-refractivity contribution in [2.24, 2.45) is 0 Å². The van der Waals surface area contributed by atoms with Gasteiger partial charge in [0, 0.05) is 23.2 Å². The highest BCUT2D eigenvalue weighted by Crippen LogP contribution is 2.33. The van der Waals surface area contributed by atoms with Crippen LogP contribution < -0.4 is 5.32 Å². The normalized spacial score (nSPS) is 13.9. The number of aromatic nitrogens is 2. The molecule has 26 heavy (non-hydrogen) atoms. The molecule has 132 valence electrons. The van der Waals surface area contributed by atoms with Gasteiger partial charge in [-0.2, -0.15) is 0 Å². The Bertz CT molecular complexity index is 820. The van der Waals surface area contributed by atoms with Crippen LogP contribution in [0.4, 0.5) is 5.82 Å². The third kappa shape index (κ3) is 3.22. The van der Waals surface area contributed by atoms with Gasteiger partial charge in [0.1, 0.15) is 12.1 Å². The van der Waals surface area contributed by atoms with E-state index in [4.69, 9.17) is 0 Å². The number of nitrogens with zero attached hydrogens (tertiary/aromatic N) is 2. The zero-order valence-electron chi connectivity index (χ0n) is 15.3. The minimum absolute atomic E-state index is 0.130. The summed E-state index contributed by atoms with van der Waals surface area (Å²) in [6.07, 6.45) is 6.31. The van der Waals surface area contributed by atoms with E-state index < -0.39 is 0 Å². The molecule has 1 aliphatic rings. The van der Waals surface area contributed by atoms with Crippen LogP contribution in [0, 0.1) is 0 Å². The molecule has 0 spiro atoms. The fourth-order valence-corrected chi connectivity index (χ4v) is 3.92. The van der Waals surface area contributed by atoms with Crippen LogP contribution in [0.5, 0.6) is 0 Å². The first-order valence-corrected chi connectivity index (χ1v) is 9.45. The maximum atomic E-state index is 4.56. The van der Waals surface area contributed by atoms with Gasteiger partial charge in [-0.05, 0) is 43.7 Å². The lowest BCUT2D eigenvalue weighted by molar-refractivity contribution is 0.599. The van der Waals surface area contributed by atoms with Crippen molar-refractivity contribution in [3.05, 3.63) is 89.4 Å². The standard InChI is InChI=1S/C23H25N3/c1-23(18-10-4-2-5-11-18,19-12-6-3-7-13-19)16-24-22-20-14-8-9-15-21(20)25-17-26-22/h2-7,10-13,17H,8-9,14-16H2,1H3,(H,24,25,26). The molecule has 0 saturated heterocycles.